The van der Waals surface area contributed by atoms with Gasteiger partial charge >= 0.3 is 5.97 Å². The summed E-state index contributed by atoms with van der Waals surface area (Å²) >= 11 is 0. The molecule has 2 heterocycles. The van der Waals surface area contributed by atoms with Crippen LogP contribution in [0.4, 0.5) is 10.1 Å². The molecule has 12 heteroatoms. The monoisotopic (exact) mass is 554 g/mol. The van der Waals surface area contributed by atoms with Crippen molar-refractivity contribution < 1.29 is 33.3 Å². The highest BCUT2D eigenvalue weighted by molar-refractivity contribution is 5.98. The van der Waals surface area contributed by atoms with E-state index in [0.717, 1.165) is 24.5 Å². The zero-order chi connectivity index (χ0) is 28.6. The smallest absolute Gasteiger partial charge is 0.341 e. The molecule has 1 saturated heterocycles. The molecule has 11 nitrogen and oxygen atoms in total. The lowest BCUT2D eigenvalue weighted by Gasteiger charge is -2.34. The number of rotatable bonds is 9. The first-order valence-corrected chi connectivity index (χ1v) is 12.9. The summed E-state index contributed by atoms with van der Waals surface area (Å²) in [5, 5.41) is 13.8. The number of aromatic carboxylic acids is 1. The zero-order valence-corrected chi connectivity index (χ0v) is 22.5. The van der Waals surface area contributed by atoms with E-state index in [9.17, 15) is 14.7 Å². The summed E-state index contributed by atoms with van der Waals surface area (Å²) in [6.07, 6.45) is 3.40. The van der Waals surface area contributed by atoms with Crippen LogP contribution < -0.4 is 30.3 Å². The van der Waals surface area contributed by atoms with Crippen LogP contribution in [0, 0.1) is 5.82 Å². The van der Waals surface area contributed by atoms with Crippen LogP contribution in [0.2, 0.25) is 0 Å². The second-order valence-electron chi connectivity index (χ2n) is 9.80. The number of aromatic nitrogens is 1. The molecule has 2 aliphatic rings. The third kappa shape index (κ3) is 5.02. The molecule has 1 unspecified atom stereocenters. The molecule has 2 aromatic carbocycles. The van der Waals surface area contributed by atoms with Crippen molar-refractivity contribution in [1.82, 2.24) is 4.57 Å². The number of methoxy groups -OCH3 is 3. The number of nitrogens with two attached hydrogens (primary N) is 1. The van der Waals surface area contributed by atoms with E-state index in [1.54, 1.807) is 35.8 Å². The van der Waals surface area contributed by atoms with E-state index >= 15 is 4.39 Å². The first kappa shape index (κ1) is 27.3. The molecule has 212 valence electrons. The molecule has 3 N–H and O–H groups in total. The summed E-state index contributed by atoms with van der Waals surface area (Å²) in [5.74, 6) is -0.678. The molecule has 0 spiro atoms. The topological polar surface area (TPSA) is 138 Å². The number of hydrogen-bond acceptors (Lipinski definition) is 9. The van der Waals surface area contributed by atoms with Gasteiger partial charge < -0.3 is 39.4 Å². The molecule has 1 aliphatic heterocycles. The average molecular weight is 555 g/mol. The van der Waals surface area contributed by atoms with E-state index in [2.05, 4.69) is 5.16 Å². The van der Waals surface area contributed by atoms with Crippen molar-refractivity contribution in [1.29, 1.82) is 0 Å². The second kappa shape index (κ2) is 11.0. The van der Waals surface area contributed by atoms with Crippen molar-refractivity contribution in [2.75, 3.05) is 39.3 Å². The minimum atomic E-state index is -1.35. The fourth-order valence-electron chi connectivity index (χ4n) is 5.07. The van der Waals surface area contributed by atoms with Gasteiger partial charge in [-0.3, -0.25) is 4.79 Å². The number of hydrogen-bond donors (Lipinski definition) is 2. The number of oxime groups is 1. The number of fused-ring (bicyclic) bond motifs is 1. The molecule has 3 aromatic rings. The lowest BCUT2D eigenvalue weighted by Crippen LogP contribution is -2.49. The molecule has 40 heavy (non-hydrogen) atoms. The van der Waals surface area contributed by atoms with E-state index in [4.69, 9.17) is 24.8 Å². The van der Waals surface area contributed by atoms with Crippen LogP contribution in [0.5, 0.6) is 17.2 Å². The molecule has 1 aliphatic carbocycles. The van der Waals surface area contributed by atoms with Crippen LogP contribution >= 0.6 is 0 Å². The van der Waals surface area contributed by atoms with Crippen molar-refractivity contribution in [2.24, 2.45) is 10.9 Å². The first-order chi connectivity index (χ1) is 19.3. The summed E-state index contributed by atoms with van der Waals surface area (Å²) in [5.41, 5.74) is 7.29. The zero-order valence-electron chi connectivity index (χ0n) is 22.5. The SMILES string of the molecule is COc1ccc(CO/N=C2/CCN(c3c(F)cc4c(=O)c(C(=O)O)cn(C5CC5)c4c3OC)CC2N)cc1OC. The number of anilines is 1. The Labute approximate surface area is 229 Å². The van der Waals surface area contributed by atoms with Crippen molar-refractivity contribution in [2.45, 2.75) is 38.0 Å². The van der Waals surface area contributed by atoms with Crippen LogP contribution in [0.25, 0.3) is 10.9 Å². The Morgan fingerprint density at radius 3 is 2.52 bits per heavy atom. The maximum atomic E-state index is 15.6. The van der Waals surface area contributed by atoms with Gasteiger partial charge in [-0.25, -0.2) is 9.18 Å². The standard InChI is InChI=1S/C28H31FN4O7/c1-37-22-7-4-15(10-23(22)38-2)14-40-31-21-8-9-32(13-20(21)30)25-19(29)11-17-24(27(25)39-3)33(16-5-6-16)12-18(26(17)34)28(35)36/h4,7,10-12,16,20H,5-6,8-9,13-14,30H2,1-3H3,(H,35,36)/b31-21-. The number of piperidine rings is 1. The Balaban J connectivity index is 1.40. The minimum absolute atomic E-state index is 0.0126. The quantitative estimate of drug-likeness (QED) is 0.382. The molecular formula is C28H31FN4O7. The van der Waals surface area contributed by atoms with Crippen LogP contribution in [0.1, 0.15) is 41.2 Å². The number of carbonyl (C=O) groups is 1. The molecule has 0 bridgehead atoms. The second-order valence-corrected chi connectivity index (χ2v) is 9.80. The summed E-state index contributed by atoms with van der Waals surface area (Å²) in [7, 11) is 4.53. The number of halogens is 1. The first-order valence-electron chi connectivity index (χ1n) is 12.9. The molecule has 0 amide bonds. The normalized spacial score (nSPS) is 18.2. The van der Waals surface area contributed by atoms with Gasteiger partial charge in [0.2, 0.25) is 5.43 Å². The Kier molecular flexibility index (Phi) is 7.53. The van der Waals surface area contributed by atoms with E-state index in [1.165, 1.54) is 13.3 Å². The highest BCUT2D eigenvalue weighted by Crippen LogP contribution is 2.44. The number of pyridine rings is 1. The Hall–Kier alpha value is -4.32. The fourth-order valence-corrected chi connectivity index (χ4v) is 5.07. The Morgan fingerprint density at radius 1 is 1.15 bits per heavy atom. The average Bonchev–Trinajstić information content (AvgIpc) is 3.79. The highest BCUT2D eigenvalue weighted by Gasteiger charge is 2.33. The minimum Gasteiger partial charge on any atom is -0.493 e. The predicted molar refractivity (Wildman–Crippen MR) is 147 cm³/mol. The fraction of sp³-hybridized carbons (Fsp3) is 0.393. The van der Waals surface area contributed by atoms with Gasteiger partial charge in [-0.1, -0.05) is 11.2 Å². The lowest BCUT2D eigenvalue weighted by molar-refractivity contribution is 0.0694. The van der Waals surface area contributed by atoms with E-state index in [1.807, 2.05) is 6.07 Å². The van der Waals surface area contributed by atoms with E-state index in [0.29, 0.717) is 35.7 Å². The number of carboxylic acids is 1. The molecule has 1 aromatic heterocycles. The van der Waals surface area contributed by atoms with Gasteiger partial charge in [-0.15, -0.1) is 0 Å². The van der Waals surface area contributed by atoms with Crippen LogP contribution in [0.3, 0.4) is 0 Å². The van der Waals surface area contributed by atoms with Gasteiger partial charge in [-0.05, 0) is 36.6 Å². The number of nitrogens with zero attached hydrogens (tertiary/aromatic N) is 3. The van der Waals surface area contributed by atoms with Crippen LogP contribution in [0.15, 0.2) is 40.4 Å². The molecule has 0 radical (unpaired) electrons. The number of ether oxygens (including phenoxy) is 3. The van der Waals surface area contributed by atoms with Crippen molar-refractivity contribution in [3.8, 4) is 17.2 Å². The Morgan fingerprint density at radius 2 is 1.90 bits per heavy atom. The summed E-state index contributed by atoms with van der Waals surface area (Å²) in [4.78, 5) is 32.0. The van der Waals surface area contributed by atoms with E-state index in [-0.39, 0.29) is 36.0 Å². The van der Waals surface area contributed by atoms with Gasteiger partial charge in [0, 0.05) is 31.7 Å². The Bertz CT molecular complexity index is 1550. The van der Waals surface area contributed by atoms with Gasteiger partial charge in [0.25, 0.3) is 0 Å². The van der Waals surface area contributed by atoms with Gasteiger partial charge in [0.1, 0.15) is 17.9 Å². The molecule has 1 saturated carbocycles. The number of benzene rings is 2. The van der Waals surface area contributed by atoms with Crippen molar-refractivity contribution in [3.05, 3.63) is 57.6 Å². The summed E-state index contributed by atoms with van der Waals surface area (Å²) < 4.78 is 33.6. The maximum absolute atomic E-state index is 15.6. The lowest BCUT2D eigenvalue weighted by atomic mass is 10.0. The largest absolute Gasteiger partial charge is 0.493 e. The molecule has 5 rings (SSSR count). The third-order valence-electron chi connectivity index (χ3n) is 7.23. The maximum Gasteiger partial charge on any atom is 0.341 e. The third-order valence-corrected chi connectivity index (χ3v) is 7.23. The van der Waals surface area contributed by atoms with Gasteiger partial charge in [-0.2, -0.15) is 0 Å². The van der Waals surface area contributed by atoms with E-state index < -0.39 is 28.8 Å². The van der Waals surface area contributed by atoms with Gasteiger partial charge in [0.05, 0.1) is 44.0 Å². The molecule has 1 atom stereocenters. The van der Waals surface area contributed by atoms with Crippen molar-refractivity contribution in [3.63, 3.8) is 0 Å². The van der Waals surface area contributed by atoms with Crippen LogP contribution in [-0.4, -0.2) is 61.8 Å². The van der Waals surface area contributed by atoms with Gasteiger partial charge in [0.15, 0.2) is 23.1 Å². The summed E-state index contributed by atoms with van der Waals surface area (Å²) in [6.45, 7) is 0.814. The van der Waals surface area contributed by atoms with Crippen molar-refractivity contribution >= 4 is 28.3 Å². The number of carboxylic acid groups (broad SMARTS) is 1. The summed E-state index contributed by atoms with van der Waals surface area (Å²) in [6, 6.07) is 6.00. The van der Waals surface area contributed by atoms with Crippen LogP contribution in [-0.2, 0) is 11.4 Å². The predicted octanol–water partition coefficient (Wildman–Crippen LogP) is 3.31. The molecular weight excluding hydrogens is 523 g/mol. The highest BCUT2D eigenvalue weighted by atomic mass is 19.1. The molecule has 2 fully saturated rings.